The number of halogens is 3. The van der Waals surface area contributed by atoms with Gasteiger partial charge < -0.3 is 25.2 Å². The largest absolute Gasteiger partial charge is 0.486 e. The van der Waals surface area contributed by atoms with Gasteiger partial charge in [0.25, 0.3) is 0 Å². The molecule has 0 bridgehead atoms. The number of nitrogens with zero attached hydrogens (tertiary/aromatic N) is 4. The number of fused-ring (bicyclic) bond motifs is 1. The van der Waals surface area contributed by atoms with Crippen molar-refractivity contribution in [2.75, 3.05) is 54.4 Å². The third-order valence-electron chi connectivity index (χ3n) is 6.21. The van der Waals surface area contributed by atoms with Gasteiger partial charge in [-0.2, -0.15) is 0 Å². The molecule has 1 saturated heterocycles. The first kappa shape index (κ1) is 23.2. The molecule has 5 rings (SSSR count). The molecule has 2 aliphatic rings. The number of rotatable bonds is 5. The third-order valence-corrected chi connectivity index (χ3v) is 6.21. The summed E-state index contributed by atoms with van der Waals surface area (Å²) in [7, 11) is 0. The minimum Gasteiger partial charge on any atom is -0.486 e. The average Bonchev–Trinajstić information content (AvgIpc) is 2.85. The molecule has 3 aromatic rings. The number of aromatic nitrogens is 2. The zero-order chi connectivity index (χ0) is 24.5. The molecule has 7 nitrogen and oxygen atoms in total. The van der Waals surface area contributed by atoms with Crippen LogP contribution >= 0.6 is 0 Å². The maximum absolute atomic E-state index is 14.9. The standard InChI is InChI=1S/C25H27F3N6O/c1-15(2)34-9-10-35-24-19(27)11-16(12-22(24)34)23-20(28)14-30-25(32-23)31-17-3-4-21(18(26)13-17)33-7-5-29-6-8-33/h3-4,11-15,29H,5-10H2,1-2H3,(H,30,31,32). The number of hydrogen-bond acceptors (Lipinski definition) is 7. The predicted octanol–water partition coefficient (Wildman–Crippen LogP) is 4.32. The first-order valence-electron chi connectivity index (χ1n) is 11.7. The Hall–Kier alpha value is -3.53. The molecule has 3 heterocycles. The first-order chi connectivity index (χ1) is 16.9. The Labute approximate surface area is 201 Å². The fourth-order valence-corrected chi connectivity index (χ4v) is 4.48. The van der Waals surface area contributed by atoms with E-state index in [0.29, 0.717) is 30.2 Å². The van der Waals surface area contributed by atoms with Crippen molar-refractivity contribution >= 4 is 23.0 Å². The number of anilines is 4. The zero-order valence-corrected chi connectivity index (χ0v) is 19.6. The van der Waals surface area contributed by atoms with Gasteiger partial charge in [-0.15, -0.1) is 0 Å². The summed E-state index contributed by atoms with van der Waals surface area (Å²) in [6, 6.07) is 7.78. The molecule has 2 aromatic carbocycles. The van der Waals surface area contributed by atoms with Crippen LogP contribution in [-0.4, -0.2) is 55.3 Å². The summed E-state index contributed by atoms with van der Waals surface area (Å²) in [5.74, 6) is -1.42. The fraction of sp³-hybridized carbons (Fsp3) is 0.360. The Balaban J connectivity index is 1.43. The second kappa shape index (κ2) is 9.61. The van der Waals surface area contributed by atoms with E-state index < -0.39 is 11.6 Å². The van der Waals surface area contributed by atoms with E-state index in [0.717, 1.165) is 32.4 Å². The van der Waals surface area contributed by atoms with Crippen molar-refractivity contribution < 1.29 is 17.9 Å². The van der Waals surface area contributed by atoms with Crippen molar-refractivity contribution in [3.63, 3.8) is 0 Å². The van der Waals surface area contributed by atoms with Gasteiger partial charge in [0.15, 0.2) is 17.4 Å². The molecule has 0 atom stereocenters. The van der Waals surface area contributed by atoms with Crippen LogP contribution < -0.4 is 25.2 Å². The van der Waals surface area contributed by atoms with Crippen LogP contribution in [0, 0.1) is 17.5 Å². The molecular formula is C25H27F3N6O. The summed E-state index contributed by atoms with van der Waals surface area (Å²) in [6.45, 7) is 8.03. The Morgan fingerprint density at radius 1 is 0.971 bits per heavy atom. The lowest BCUT2D eigenvalue weighted by Crippen LogP contribution is -2.43. The lowest BCUT2D eigenvalue weighted by atomic mass is 10.1. The van der Waals surface area contributed by atoms with Crippen LogP contribution in [0.1, 0.15) is 13.8 Å². The molecule has 2 aliphatic heterocycles. The molecule has 0 radical (unpaired) electrons. The molecule has 0 unspecified atom stereocenters. The van der Waals surface area contributed by atoms with Gasteiger partial charge in [0.2, 0.25) is 5.95 Å². The smallest absolute Gasteiger partial charge is 0.227 e. The zero-order valence-electron chi connectivity index (χ0n) is 19.6. The average molecular weight is 485 g/mol. The van der Waals surface area contributed by atoms with E-state index in [-0.39, 0.29) is 34.8 Å². The van der Waals surface area contributed by atoms with Crippen LogP contribution in [0.5, 0.6) is 5.75 Å². The Kier molecular flexibility index (Phi) is 6.38. The van der Waals surface area contributed by atoms with Gasteiger partial charge in [0.1, 0.15) is 18.1 Å². The maximum Gasteiger partial charge on any atom is 0.227 e. The second-order valence-corrected chi connectivity index (χ2v) is 8.86. The third kappa shape index (κ3) is 4.70. The minimum atomic E-state index is -0.692. The molecule has 0 spiro atoms. The Morgan fingerprint density at radius 3 is 2.51 bits per heavy atom. The summed E-state index contributed by atoms with van der Waals surface area (Å²) in [6.07, 6.45) is 1.02. The van der Waals surface area contributed by atoms with Crippen LogP contribution in [0.2, 0.25) is 0 Å². The quantitative estimate of drug-likeness (QED) is 0.559. The fourth-order valence-electron chi connectivity index (χ4n) is 4.48. The van der Waals surface area contributed by atoms with E-state index in [2.05, 4.69) is 20.6 Å². The minimum absolute atomic E-state index is 0.0589. The molecule has 184 valence electrons. The highest BCUT2D eigenvalue weighted by molar-refractivity contribution is 5.73. The Morgan fingerprint density at radius 2 is 1.77 bits per heavy atom. The van der Waals surface area contributed by atoms with Crippen molar-refractivity contribution in [1.29, 1.82) is 0 Å². The Bertz CT molecular complexity index is 1230. The summed E-state index contributed by atoms with van der Waals surface area (Å²) < 4.78 is 49.9. The van der Waals surface area contributed by atoms with Gasteiger partial charge in [-0.25, -0.2) is 23.1 Å². The van der Waals surface area contributed by atoms with Gasteiger partial charge in [-0.3, -0.25) is 0 Å². The molecule has 10 heteroatoms. The molecule has 0 amide bonds. The van der Waals surface area contributed by atoms with Crippen molar-refractivity contribution in [2.45, 2.75) is 19.9 Å². The summed E-state index contributed by atoms with van der Waals surface area (Å²) in [4.78, 5) is 12.3. The van der Waals surface area contributed by atoms with Crippen LogP contribution in [0.3, 0.4) is 0 Å². The van der Waals surface area contributed by atoms with Gasteiger partial charge in [0, 0.05) is 43.5 Å². The summed E-state index contributed by atoms with van der Waals surface area (Å²) >= 11 is 0. The van der Waals surface area contributed by atoms with E-state index in [1.165, 1.54) is 12.1 Å². The van der Waals surface area contributed by atoms with Gasteiger partial charge in [0.05, 0.1) is 24.1 Å². The van der Waals surface area contributed by atoms with Crippen molar-refractivity contribution in [3.05, 3.63) is 54.0 Å². The van der Waals surface area contributed by atoms with E-state index in [1.807, 2.05) is 23.6 Å². The van der Waals surface area contributed by atoms with E-state index in [9.17, 15) is 13.2 Å². The summed E-state index contributed by atoms with van der Waals surface area (Å²) in [5, 5.41) is 6.17. The first-order valence-corrected chi connectivity index (χ1v) is 11.7. The van der Waals surface area contributed by atoms with Gasteiger partial charge in [-0.05, 0) is 44.2 Å². The molecule has 35 heavy (non-hydrogen) atoms. The lowest BCUT2D eigenvalue weighted by Gasteiger charge is -2.34. The van der Waals surface area contributed by atoms with Crippen molar-refractivity contribution in [3.8, 4) is 17.0 Å². The van der Waals surface area contributed by atoms with E-state index >= 15 is 0 Å². The normalized spacial score (nSPS) is 15.7. The van der Waals surface area contributed by atoms with Crippen molar-refractivity contribution in [2.24, 2.45) is 0 Å². The number of benzene rings is 2. The number of piperazine rings is 1. The highest BCUT2D eigenvalue weighted by atomic mass is 19.1. The second-order valence-electron chi connectivity index (χ2n) is 8.86. The van der Waals surface area contributed by atoms with Crippen LogP contribution in [0.25, 0.3) is 11.3 Å². The molecule has 0 aliphatic carbocycles. The molecule has 1 fully saturated rings. The van der Waals surface area contributed by atoms with Crippen molar-refractivity contribution in [1.82, 2.24) is 15.3 Å². The highest BCUT2D eigenvalue weighted by Gasteiger charge is 2.26. The van der Waals surface area contributed by atoms with E-state index in [4.69, 9.17) is 4.74 Å². The summed E-state index contributed by atoms with van der Waals surface area (Å²) in [5.41, 5.74) is 1.71. The monoisotopic (exact) mass is 484 g/mol. The lowest BCUT2D eigenvalue weighted by molar-refractivity contribution is 0.287. The van der Waals surface area contributed by atoms with Crippen LogP contribution in [-0.2, 0) is 0 Å². The molecule has 2 N–H and O–H groups in total. The molecular weight excluding hydrogens is 457 g/mol. The van der Waals surface area contributed by atoms with Gasteiger partial charge >= 0.3 is 0 Å². The van der Waals surface area contributed by atoms with E-state index in [1.54, 1.807) is 18.2 Å². The van der Waals surface area contributed by atoms with Gasteiger partial charge in [-0.1, -0.05) is 0 Å². The highest BCUT2D eigenvalue weighted by Crippen LogP contribution is 2.39. The predicted molar refractivity (Wildman–Crippen MR) is 130 cm³/mol. The number of ether oxygens (including phenoxy) is 1. The topological polar surface area (TPSA) is 65.6 Å². The molecule has 1 aromatic heterocycles. The van der Waals surface area contributed by atoms with Crippen LogP contribution in [0.4, 0.5) is 36.2 Å². The number of nitrogens with one attached hydrogen (secondary N) is 2. The SMILES string of the molecule is CC(C)N1CCOc2c(F)cc(-c3nc(Nc4ccc(N5CCNCC5)c(F)c4)ncc3F)cc21. The molecule has 0 saturated carbocycles. The maximum atomic E-state index is 14.9. The van der Waals surface area contributed by atoms with Crippen LogP contribution in [0.15, 0.2) is 36.5 Å². The number of hydrogen-bond donors (Lipinski definition) is 2.